The van der Waals surface area contributed by atoms with E-state index in [-0.39, 0.29) is 22.9 Å². The molecule has 1 aliphatic rings. The highest BCUT2D eigenvalue weighted by Gasteiger charge is 2.31. The Kier molecular flexibility index (Phi) is 4.95. The van der Waals surface area contributed by atoms with Gasteiger partial charge in [0.15, 0.2) is 5.16 Å². The van der Waals surface area contributed by atoms with Crippen molar-refractivity contribution in [2.24, 2.45) is 0 Å². The lowest BCUT2D eigenvalue weighted by molar-refractivity contribution is -0.129. The van der Waals surface area contributed by atoms with E-state index in [1.165, 1.54) is 4.88 Å². The van der Waals surface area contributed by atoms with Crippen LogP contribution in [0.1, 0.15) is 30.3 Å². The predicted octanol–water partition coefficient (Wildman–Crippen LogP) is 4.95. The summed E-state index contributed by atoms with van der Waals surface area (Å²) in [6.07, 6.45) is 1.92. The molecular formula is C18H17F2N3OS2. The standard InChI is InChI=1S/C18H17F2N3OS2/c19-17(20)23-13-6-2-1-5-12(13)21-18(23)26-11-16(24)22-9-3-7-14(22)15-8-4-10-25-15/h1-2,4-6,8,10,14,17H,3,7,9,11H2. The van der Waals surface area contributed by atoms with Crippen molar-refractivity contribution in [1.82, 2.24) is 14.5 Å². The second-order valence-corrected chi connectivity index (χ2v) is 8.00. The monoisotopic (exact) mass is 393 g/mol. The maximum absolute atomic E-state index is 13.5. The molecule has 0 aliphatic carbocycles. The van der Waals surface area contributed by atoms with Crippen LogP contribution in [0.5, 0.6) is 0 Å². The zero-order valence-electron chi connectivity index (χ0n) is 13.8. The molecule has 1 atom stereocenters. The molecule has 3 aromatic rings. The number of halogens is 2. The molecule has 0 bridgehead atoms. The number of carbonyl (C=O) groups excluding carboxylic acids is 1. The topological polar surface area (TPSA) is 38.1 Å². The van der Waals surface area contributed by atoms with Gasteiger partial charge in [0.1, 0.15) is 0 Å². The van der Waals surface area contributed by atoms with E-state index in [2.05, 4.69) is 4.98 Å². The van der Waals surface area contributed by atoms with Crippen LogP contribution in [0.15, 0.2) is 46.9 Å². The number of alkyl halides is 2. The largest absolute Gasteiger partial charge is 0.334 e. The molecule has 0 N–H and O–H groups in total. The molecule has 136 valence electrons. The van der Waals surface area contributed by atoms with Gasteiger partial charge in [-0.15, -0.1) is 11.3 Å². The summed E-state index contributed by atoms with van der Waals surface area (Å²) in [5.74, 6) is 0.0801. The van der Waals surface area contributed by atoms with E-state index in [0.29, 0.717) is 17.6 Å². The fourth-order valence-electron chi connectivity index (χ4n) is 3.36. The Morgan fingerprint density at radius 3 is 2.92 bits per heavy atom. The van der Waals surface area contributed by atoms with Crippen LogP contribution in [0.3, 0.4) is 0 Å². The molecule has 0 radical (unpaired) electrons. The molecule has 3 heterocycles. The summed E-state index contributed by atoms with van der Waals surface area (Å²) >= 11 is 2.73. The lowest BCUT2D eigenvalue weighted by atomic mass is 10.2. The molecule has 8 heteroatoms. The van der Waals surface area contributed by atoms with E-state index in [1.54, 1.807) is 35.6 Å². The number of imidazole rings is 1. The molecular weight excluding hydrogens is 376 g/mol. The molecule has 1 fully saturated rings. The van der Waals surface area contributed by atoms with Crippen molar-refractivity contribution >= 4 is 40.0 Å². The molecule has 0 saturated carbocycles. The van der Waals surface area contributed by atoms with Crippen LogP contribution >= 0.6 is 23.1 Å². The molecule has 0 spiro atoms. The van der Waals surface area contributed by atoms with Crippen molar-refractivity contribution in [3.05, 3.63) is 46.7 Å². The normalized spacial score (nSPS) is 17.5. The first-order valence-electron chi connectivity index (χ1n) is 8.36. The minimum Gasteiger partial charge on any atom is -0.334 e. The number of likely N-dealkylation sites (tertiary alicyclic amines) is 1. The van der Waals surface area contributed by atoms with E-state index < -0.39 is 6.55 Å². The van der Waals surface area contributed by atoms with Crippen LogP contribution in [0.2, 0.25) is 0 Å². The van der Waals surface area contributed by atoms with Crippen LogP contribution in [-0.4, -0.2) is 32.7 Å². The number of benzene rings is 1. The summed E-state index contributed by atoms with van der Waals surface area (Å²) in [5, 5.41) is 2.19. The summed E-state index contributed by atoms with van der Waals surface area (Å²) in [7, 11) is 0. The third kappa shape index (κ3) is 3.23. The van der Waals surface area contributed by atoms with Crippen LogP contribution in [0.25, 0.3) is 11.0 Å². The lowest BCUT2D eigenvalue weighted by Gasteiger charge is -2.23. The van der Waals surface area contributed by atoms with E-state index >= 15 is 0 Å². The van der Waals surface area contributed by atoms with Gasteiger partial charge in [0.05, 0.1) is 22.8 Å². The number of thioether (sulfide) groups is 1. The number of thiophene rings is 1. The number of carbonyl (C=O) groups is 1. The zero-order chi connectivity index (χ0) is 18.1. The molecule has 1 aliphatic heterocycles. The number of rotatable bonds is 5. The van der Waals surface area contributed by atoms with E-state index in [4.69, 9.17) is 0 Å². The lowest BCUT2D eigenvalue weighted by Crippen LogP contribution is -2.31. The molecule has 4 nitrogen and oxygen atoms in total. The minimum atomic E-state index is -2.69. The van der Waals surface area contributed by atoms with Crippen molar-refractivity contribution < 1.29 is 13.6 Å². The van der Waals surface area contributed by atoms with Crippen LogP contribution in [0, 0.1) is 0 Å². The van der Waals surface area contributed by atoms with Crippen molar-refractivity contribution in [1.29, 1.82) is 0 Å². The number of hydrogen-bond donors (Lipinski definition) is 0. The average Bonchev–Trinajstić information content (AvgIpc) is 3.37. The number of hydrogen-bond acceptors (Lipinski definition) is 4. The molecule has 1 aromatic carbocycles. The van der Waals surface area contributed by atoms with Gasteiger partial charge in [-0.05, 0) is 36.4 Å². The maximum Gasteiger partial charge on any atom is 0.321 e. The van der Waals surface area contributed by atoms with Crippen LogP contribution in [-0.2, 0) is 4.79 Å². The van der Waals surface area contributed by atoms with Gasteiger partial charge < -0.3 is 4.90 Å². The predicted molar refractivity (Wildman–Crippen MR) is 99.7 cm³/mol. The Bertz CT molecular complexity index is 910. The highest BCUT2D eigenvalue weighted by molar-refractivity contribution is 7.99. The van der Waals surface area contributed by atoms with Crippen LogP contribution in [0.4, 0.5) is 8.78 Å². The van der Waals surface area contributed by atoms with E-state index in [9.17, 15) is 13.6 Å². The number of para-hydroxylation sites is 2. The number of fused-ring (bicyclic) bond motifs is 1. The van der Waals surface area contributed by atoms with Crippen molar-refractivity contribution in [3.63, 3.8) is 0 Å². The Hall–Kier alpha value is -1.93. The summed E-state index contributed by atoms with van der Waals surface area (Å²) in [5.41, 5.74) is 0.899. The van der Waals surface area contributed by atoms with Gasteiger partial charge in [0.25, 0.3) is 0 Å². The summed E-state index contributed by atoms with van der Waals surface area (Å²) in [6.45, 7) is -1.97. The van der Waals surface area contributed by atoms with Gasteiger partial charge in [0, 0.05) is 11.4 Å². The quantitative estimate of drug-likeness (QED) is 0.576. The SMILES string of the molecule is O=C(CSc1nc2ccccc2n1C(F)F)N1CCCC1c1cccs1. The van der Waals surface area contributed by atoms with Gasteiger partial charge in [-0.3, -0.25) is 9.36 Å². The van der Waals surface area contributed by atoms with E-state index in [1.807, 2.05) is 22.4 Å². The Balaban J connectivity index is 1.51. The van der Waals surface area contributed by atoms with Crippen molar-refractivity contribution in [2.45, 2.75) is 30.6 Å². The van der Waals surface area contributed by atoms with E-state index in [0.717, 1.165) is 29.2 Å². The molecule has 26 heavy (non-hydrogen) atoms. The average molecular weight is 393 g/mol. The van der Waals surface area contributed by atoms with Crippen molar-refractivity contribution in [2.75, 3.05) is 12.3 Å². The molecule has 1 amide bonds. The molecule has 1 unspecified atom stereocenters. The van der Waals surface area contributed by atoms with Gasteiger partial charge in [-0.2, -0.15) is 8.78 Å². The summed E-state index contributed by atoms with van der Waals surface area (Å²) in [6, 6.07) is 10.9. The Morgan fingerprint density at radius 2 is 2.15 bits per heavy atom. The second kappa shape index (κ2) is 7.36. The maximum atomic E-state index is 13.5. The fourth-order valence-corrected chi connectivity index (χ4v) is 5.14. The Labute approximate surface area is 157 Å². The first-order chi connectivity index (χ1) is 12.6. The van der Waals surface area contributed by atoms with Crippen molar-refractivity contribution in [3.8, 4) is 0 Å². The van der Waals surface area contributed by atoms with Gasteiger partial charge in [-0.25, -0.2) is 4.98 Å². The highest BCUT2D eigenvalue weighted by Crippen LogP contribution is 2.36. The number of amides is 1. The second-order valence-electron chi connectivity index (χ2n) is 6.08. The Morgan fingerprint density at radius 1 is 1.31 bits per heavy atom. The smallest absolute Gasteiger partial charge is 0.321 e. The minimum absolute atomic E-state index is 0.0289. The summed E-state index contributed by atoms with van der Waals surface area (Å²) in [4.78, 5) is 20.0. The molecule has 4 rings (SSSR count). The summed E-state index contributed by atoms with van der Waals surface area (Å²) < 4.78 is 27.9. The zero-order valence-corrected chi connectivity index (χ0v) is 15.5. The first-order valence-corrected chi connectivity index (χ1v) is 10.2. The molecule has 2 aromatic heterocycles. The van der Waals surface area contributed by atoms with Gasteiger partial charge >= 0.3 is 6.55 Å². The first kappa shape index (κ1) is 17.5. The fraction of sp³-hybridized carbons (Fsp3) is 0.333. The van der Waals surface area contributed by atoms with Crippen LogP contribution < -0.4 is 0 Å². The number of nitrogens with zero attached hydrogens (tertiary/aromatic N) is 3. The van der Waals surface area contributed by atoms with Gasteiger partial charge in [-0.1, -0.05) is 30.0 Å². The third-order valence-electron chi connectivity index (χ3n) is 4.53. The van der Waals surface area contributed by atoms with Gasteiger partial charge in [0.2, 0.25) is 5.91 Å². The number of aromatic nitrogens is 2. The third-order valence-corrected chi connectivity index (χ3v) is 6.44. The molecule has 1 saturated heterocycles. The highest BCUT2D eigenvalue weighted by atomic mass is 32.2.